The van der Waals surface area contributed by atoms with Crippen LogP contribution in [0.15, 0.2) is 41.4 Å². The van der Waals surface area contributed by atoms with E-state index in [1.165, 1.54) is 9.75 Å². The quantitative estimate of drug-likeness (QED) is 0.532. The van der Waals surface area contributed by atoms with E-state index in [0.717, 1.165) is 17.9 Å². The molecule has 0 saturated carbocycles. The van der Waals surface area contributed by atoms with Crippen LogP contribution in [0.5, 0.6) is 5.75 Å². The second-order valence-electron chi connectivity index (χ2n) is 5.38. The van der Waals surface area contributed by atoms with Crippen molar-refractivity contribution in [3.8, 4) is 5.75 Å². The van der Waals surface area contributed by atoms with Crippen molar-refractivity contribution in [3.05, 3.63) is 51.7 Å². The van der Waals surface area contributed by atoms with Gasteiger partial charge in [-0.2, -0.15) is 0 Å². The Labute approximate surface area is 147 Å². The number of nitrogens with zero attached hydrogens (tertiary/aromatic N) is 1. The van der Waals surface area contributed by atoms with Gasteiger partial charge in [-0.05, 0) is 43.7 Å². The Morgan fingerprint density at radius 1 is 1.29 bits per heavy atom. The summed E-state index contributed by atoms with van der Waals surface area (Å²) in [6, 6.07) is 11.6. The van der Waals surface area contributed by atoms with E-state index in [2.05, 4.69) is 34.7 Å². The highest BCUT2D eigenvalue weighted by Gasteiger charge is 2.09. The summed E-state index contributed by atoms with van der Waals surface area (Å²) in [6.07, 6.45) is -0.632. The van der Waals surface area contributed by atoms with E-state index in [1.54, 1.807) is 18.4 Å². The molecule has 24 heavy (non-hydrogen) atoms. The molecule has 0 spiro atoms. The van der Waals surface area contributed by atoms with Gasteiger partial charge in [-0.3, -0.25) is 0 Å². The molecule has 0 aliphatic rings. The molecule has 1 aromatic heterocycles. The van der Waals surface area contributed by atoms with Crippen LogP contribution in [0, 0.1) is 6.92 Å². The van der Waals surface area contributed by atoms with E-state index in [9.17, 15) is 5.11 Å². The molecule has 130 valence electrons. The molecule has 3 N–H and O–H groups in total. The number of thiophene rings is 1. The molecule has 1 aromatic carbocycles. The Kier molecular flexibility index (Phi) is 7.08. The first-order valence-corrected chi connectivity index (χ1v) is 8.83. The van der Waals surface area contributed by atoms with Gasteiger partial charge in [0.1, 0.15) is 5.75 Å². The lowest BCUT2D eigenvalue weighted by Crippen LogP contribution is -2.39. The number of hydrogen-bond donors (Lipinski definition) is 3. The van der Waals surface area contributed by atoms with Gasteiger partial charge in [0.05, 0.1) is 19.8 Å². The highest BCUT2D eigenvalue weighted by atomic mass is 32.1. The lowest BCUT2D eigenvalue weighted by atomic mass is 10.1. The fraction of sp³-hybridized carbons (Fsp3) is 0.389. The van der Waals surface area contributed by atoms with Gasteiger partial charge in [0, 0.05) is 22.8 Å². The zero-order chi connectivity index (χ0) is 17.4. The molecule has 5 nitrogen and oxygen atoms in total. The number of aliphatic imine (C=N–C) groups is 1. The summed E-state index contributed by atoms with van der Waals surface area (Å²) in [6.45, 7) is 5.88. The van der Waals surface area contributed by atoms with Crippen LogP contribution >= 0.6 is 11.3 Å². The van der Waals surface area contributed by atoms with E-state index in [4.69, 9.17) is 4.74 Å². The number of ether oxygens (including phenoxy) is 1. The van der Waals surface area contributed by atoms with Gasteiger partial charge in [0.25, 0.3) is 0 Å². The minimum atomic E-state index is -0.632. The fourth-order valence-corrected chi connectivity index (χ4v) is 3.04. The van der Waals surface area contributed by atoms with Crippen molar-refractivity contribution in [1.29, 1.82) is 0 Å². The van der Waals surface area contributed by atoms with Crippen molar-refractivity contribution < 1.29 is 9.84 Å². The third-order valence-electron chi connectivity index (χ3n) is 3.47. The molecule has 0 aliphatic carbocycles. The summed E-state index contributed by atoms with van der Waals surface area (Å²) < 4.78 is 5.19. The lowest BCUT2D eigenvalue weighted by Gasteiger charge is -2.16. The zero-order valence-corrected chi connectivity index (χ0v) is 15.2. The van der Waals surface area contributed by atoms with Crippen molar-refractivity contribution >= 4 is 17.3 Å². The number of guanidine groups is 1. The van der Waals surface area contributed by atoms with Gasteiger partial charge < -0.3 is 20.5 Å². The molecule has 0 radical (unpaired) electrons. The maximum atomic E-state index is 10.3. The topological polar surface area (TPSA) is 65.9 Å². The van der Waals surface area contributed by atoms with Crippen LogP contribution in [0.1, 0.15) is 28.3 Å². The molecule has 0 saturated heterocycles. The molecular formula is C18H25N3O2S. The van der Waals surface area contributed by atoms with Crippen LogP contribution in [-0.2, 0) is 6.54 Å². The van der Waals surface area contributed by atoms with Crippen molar-refractivity contribution in [2.45, 2.75) is 26.5 Å². The van der Waals surface area contributed by atoms with Gasteiger partial charge >= 0.3 is 0 Å². The number of rotatable bonds is 7. The smallest absolute Gasteiger partial charge is 0.191 e. The van der Waals surface area contributed by atoms with Crippen molar-refractivity contribution in [2.75, 3.05) is 20.2 Å². The van der Waals surface area contributed by atoms with E-state index < -0.39 is 6.10 Å². The number of benzene rings is 1. The molecule has 0 bridgehead atoms. The van der Waals surface area contributed by atoms with E-state index in [1.807, 2.05) is 31.2 Å². The number of methoxy groups -OCH3 is 1. The molecular weight excluding hydrogens is 322 g/mol. The summed E-state index contributed by atoms with van der Waals surface area (Å²) >= 11 is 1.75. The summed E-state index contributed by atoms with van der Waals surface area (Å²) in [5.74, 6) is 1.44. The molecule has 6 heteroatoms. The summed E-state index contributed by atoms with van der Waals surface area (Å²) in [5.41, 5.74) is 0.812. The second kappa shape index (κ2) is 9.30. The molecule has 1 heterocycles. The minimum absolute atomic E-state index is 0.377. The average Bonchev–Trinajstić information content (AvgIpc) is 3.02. The van der Waals surface area contributed by atoms with E-state index in [0.29, 0.717) is 19.0 Å². The molecule has 1 unspecified atom stereocenters. The number of aryl methyl sites for hydroxylation is 1. The lowest BCUT2D eigenvalue weighted by molar-refractivity contribution is 0.180. The van der Waals surface area contributed by atoms with Gasteiger partial charge in [0.2, 0.25) is 0 Å². The highest BCUT2D eigenvalue weighted by molar-refractivity contribution is 7.11. The van der Waals surface area contributed by atoms with Gasteiger partial charge in [0.15, 0.2) is 5.96 Å². The highest BCUT2D eigenvalue weighted by Crippen LogP contribution is 2.18. The van der Waals surface area contributed by atoms with Gasteiger partial charge in [-0.15, -0.1) is 11.3 Å². The maximum Gasteiger partial charge on any atom is 0.191 e. The van der Waals surface area contributed by atoms with Crippen molar-refractivity contribution in [1.82, 2.24) is 10.6 Å². The Morgan fingerprint density at radius 2 is 2.12 bits per heavy atom. The number of aliphatic hydroxyl groups is 1. The van der Waals surface area contributed by atoms with Crippen LogP contribution in [0.2, 0.25) is 0 Å². The Hall–Kier alpha value is -2.05. The zero-order valence-electron chi connectivity index (χ0n) is 14.4. The fourth-order valence-electron chi connectivity index (χ4n) is 2.23. The first-order chi connectivity index (χ1) is 11.6. The van der Waals surface area contributed by atoms with Crippen molar-refractivity contribution in [3.63, 3.8) is 0 Å². The number of nitrogens with one attached hydrogen (secondary N) is 2. The monoisotopic (exact) mass is 347 g/mol. The Morgan fingerprint density at radius 3 is 2.79 bits per heavy atom. The van der Waals surface area contributed by atoms with Gasteiger partial charge in [-0.1, -0.05) is 12.1 Å². The SMILES string of the molecule is CCNC(=NCc1ccc(C)s1)NCC(O)c1cccc(OC)c1. The maximum absolute atomic E-state index is 10.3. The molecule has 1 atom stereocenters. The normalized spacial score (nSPS) is 12.8. The van der Waals surface area contributed by atoms with Gasteiger partial charge in [-0.25, -0.2) is 4.99 Å². The summed E-state index contributed by atoms with van der Waals surface area (Å²) in [5, 5.41) is 16.7. The Bertz CT molecular complexity index is 670. The van der Waals surface area contributed by atoms with E-state index >= 15 is 0 Å². The molecule has 0 fully saturated rings. The predicted molar refractivity (Wildman–Crippen MR) is 99.8 cm³/mol. The van der Waals surface area contributed by atoms with Crippen LogP contribution in [0.25, 0.3) is 0 Å². The molecule has 0 aliphatic heterocycles. The first kappa shape index (κ1) is 18.3. The molecule has 0 amide bonds. The number of hydrogen-bond acceptors (Lipinski definition) is 4. The Balaban J connectivity index is 1.94. The van der Waals surface area contributed by atoms with Crippen LogP contribution in [-0.4, -0.2) is 31.3 Å². The van der Waals surface area contributed by atoms with Crippen molar-refractivity contribution in [2.24, 2.45) is 4.99 Å². The van der Waals surface area contributed by atoms with E-state index in [-0.39, 0.29) is 0 Å². The third-order valence-corrected chi connectivity index (χ3v) is 4.46. The number of aliphatic hydroxyl groups excluding tert-OH is 1. The largest absolute Gasteiger partial charge is 0.497 e. The third kappa shape index (κ3) is 5.54. The summed E-state index contributed by atoms with van der Waals surface area (Å²) in [7, 11) is 1.62. The molecule has 2 rings (SSSR count). The van der Waals surface area contributed by atoms with Crippen LogP contribution in [0.3, 0.4) is 0 Å². The predicted octanol–water partition coefficient (Wildman–Crippen LogP) is 2.85. The standard InChI is InChI=1S/C18H25N3O2S/c1-4-19-18(20-11-16-9-8-13(2)24-16)21-12-17(22)14-6-5-7-15(10-14)23-3/h5-10,17,22H,4,11-12H2,1-3H3,(H2,19,20,21). The van der Waals surface area contributed by atoms with Crippen LogP contribution < -0.4 is 15.4 Å². The summed E-state index contributed by atoms with van der Waals surface area (Å²) in [4.78, 5) is 7.07. The minimum Gasteiger partial charge on any atom is -0.497 e. The average molecular weight is 347 g/mol. The molecule has 2 aromatic rings. The first-order valence-electron chi connectivity index (χ1n) is 8.02. The second-order valence-corrected chi connectivity index (χ2v) is 6.75. The van der Waals surface area contributed by atoms with Crippen LogP contribution in [0.4, 0.5) is 0 Å².